The smallest absolute Gasteiger partial charge is 0.144 e. The molecule has 0 aliphatic heterocycles. The lowest BCUT2D eigenvalue weighted by atomic mass is 9.89. The molecule has 276 valence electrons. The third-order valence-corrected chi connectivity index (χ3v) is 11.2. The Morgan fingerprint density at radius 1 is 0.491 bits per heavy atom. The zero-order valence-corrected chi connectivity index (χ0v) is 32.0. The van der Waals surface area contributed by atoms with E-state index in [0.717, 1.165) is 81.9 Å². The molecule has 6 nitrogen and oxygen atoms in total. The maximum Gasteiger partial charge on any atom is 0.144 e. The Balaban J connectivity index is 0.992. The van der Waals surface area contributed by atoms with E-state index in [4.69, 9.17) is 9.97 Å². The predicted molar refractivity (Wildman–Crippen MR) is 232 cm³/mol. The third kappa shape index (κ3) is 6.70. The Morgan fingerprint density at radius 3 is 1.65 bits per heavy atom. The molecule has 0 radical (unpaired) electrons. The van der Waals surface area contributed by atoms with Gasteiger partial charge in [0.05, 0.1) is 17.1 Å². The number of rotatable bonds is 9. The summed E-state index contributed by atoms with van der Waals surface area (Å²) in [6.07, 6.45) is 13.8. The molecule has 0 saturated heterocycles. The molecule has 0 atom stereocenters. The number of nitrogens with zero attached hydrogens (tertiary/aromatic N) is 5. The van der Waals surface area contributed by atoms with Gasteiger partial charge in [0, 0.05) is 52.9 Å². The number of hydrogen-bond donors (Lipinski definition) is 1. The number of imidazole rings is 2. The van der Waals surface area contributed by atoms with Crippen molar-refractivity contribution in [1.29, 1.82) is 0 Å². The van der Waals surface area contributed by atoms with Gasteiger partial charge in [-0.25, -0.2) is 9.97 Å². The van der Waals surface area contributed by atoms with E-state index in [0.29, 0.717) is 0 Å². The Labute approximate surface area is 331 Å². The van der Waals surface area contributed by atoms with Gasteiger partial charge in [0.15, 0.2) is 0 Å². The van der Waals surface area contributed by atoms with Crippen molar-refractivity contribution in [2.24, 2.45) is 0 Å². The zero-order chi connectivity index (χ0) is 38.5. The van der Waals surface area contributed by atoms with Crippen LogP contribution in [0.5, 0.6) is 5.75 Å². The lowest BCUT2D eigenvalue weighted by Crippen LogP contribution is -1.98. The summed E-state index contributed by atoms with van der Waals surface area (Å²) in [6, 6.07) is 45.1. The van der Waals surface area contributed by atoms with E-state index in [-0.39, 0.29) is 5.75 Å². The molecule has 5 heterocycles. The molecule has 0 saturated carbocycles. The number of hydrogen-bond acceptors (Lipinski definition) is 4. The van der Waals surface area contributed by atoms with Crippen LogP contribution in [0.4, 0.5) is 0 Å². The topological polar surface area (TPSA) is 67.7 Å². The minimum absolute atomic E-state index is 0.236. The van der Waals surface area contributed by atoms with Gasteiger partial charge in [-0.3, -0.25) is 4.98 Å². The molecular formula is C51H41N5O. The van der Waals surface area contributed by atoms with Gasteiger partial charge in [-0.15, -0.1) is 0 Å². The summed E-state index contributed by atoms with van der Waals surface area (Å²) in [5.74, 6) is 0.236. The van der Waals surface area contributed by atoms with E-state index >= 15 is 0 Å². The molecule has 0 amide bonds. The maximum atomic E-state index is 11.4. The van der Waals surface area contributed by atoms with Gasteiger partial charge in [0.25, 0.3) is 0 Å². The van der Waals surface area contributed by atoms with Crippen LogP contribution in [0.3, 0.4) is 0 Å². The molecule has 10 aromatic rings. The molecule has 1 N–H and O–H groups in total. The summed E-state index contributed by atoms with van der Waals surface area (Å²) in [5.41, 5.74) is 15.0. The second-order valence-electron chi connectivity index (χ2n) is 15.2. The monoisotopic (exact) mass is 739 g/mol. The minimum Gasteiger partial charge on any atom is -0.507 e. The molecule has 0 fully saturated rings. The Kier molecular flexibility index (Phi) is 8.59. The summed E-state index contributed by atoms with van der Waals surface area (Å²) in [7, 11) is 0. The van der Waals surface area contributed by atoms with Crippen LogP contribution in [0, 0.1) is 13.8 Å². The Hall–Kier alpha value is -7.05. The average Bonchev–Trinajstić information content (AvgIpc) is 3.83. The van der Waals surface area contributed by atoms with Gasteiger partial charge in [0.1, 0.15) is 17.0 Å². The molecule has 0 bridgehead atoms. The van der Waals surface area contributed by atoms with E-state index in [1.807, 2.05) is 56.3 Å². The van der Waals surface area contributed by atoms with Crippen LogP contribution in [0.15, 0.2) is 158 Å². The summed E-state index contributed by atoms with van der Waals surface area (Å²) < 4.78 is 4.21. The fourth-order valence-electron chi connectivity index (χ4n) is 8.40. The lowest BCUT2D eigenvalue weighted by Gasteiger charge is -2.16. The van der Waals surface area contributed by atoms with E-state index < -0.39 is 0 Å². The molecule has 5 aromatic heterocycles. The molecular weight excluding hydrogens is 699 g/mol. The largest absolute Gasteiger partial charge is 0.507 e. The predicted octanol–water partition coefficient (Wildman–Crippen LogP) is 11.6. The number of fused-ring (bicyclic) bond motifs is 6. The molecule has 57 heavy (non-hydrogen) atoms. The second-order valence-corrected chi connectivity index (χ2v) is 15.2. The highest BCUT2D eigenvalue weighted by Gasteiger charge is 2.15. The fourth-order valence-corrected chi connectivity index (χ4v) is 8.40. The van der Waals surface area contributed by atoms with Crippen molar-refractivity contribution in [2.45, 2.75) is 39.5 Å². The van der Waals surface area contributed by atoms with Crippen LogP contribution in [-0.4, -0.2) is 28.9 Å². The first kappa shape index (κ1) is 34.4. The average molecular weight is 740 g/mol. The highest BCUT2D eigenvalue weighted by Crippen LogP contribution is 2.39. The molecule has 6 heteroatoms. The van der Waals surface area contributed by atoms with Crippen molar-refractivity contribution in [3.63, 3.8) is 0 Å². The summed E-state index contributed by atoms with van der Waals surface area (Å²) in [4.78, 5) is 14.0. The summed E-state index contributed by atoms with van der Waals surface area (Å²) >= 11 is 0. The number of aromatic hydroxyl groups is 1. The first-order valence-electron chi connectivity index (χ1n) is 19.6. The number of pyridine rings is 3. The number of phenolic OH excluding ortho intramolecular Hbond substituents is 1. The summed E-state index contributed by atoms with van der Waals surface area (Å²) in [5, 5.41) is 16.2. The van der Waals surface area contributed by atoms with Crippen LogP contribution in [0.1, 0.15) is 33.6 Å². The van der Waals surface area contributed by atoms with Crippen molar-refractivity contribution in [1.82, 2.24) is 23.8 Å². The molecule has 0 aliphatic carbocycles. The van der Waals surface area contributed by atoms with Crippen LogP contribution >= 0.6 is 0 Å². The van der Waals surface area contributed by atoms with Crippen molar-refractivity contribution in [3.8, 4) is 39.3 Å². The van der Waals surface area contributed by atoms with Crippen molar-refractivity contribution < 1.29 is 5.11 Å². The van der Waals surface area contributed by atoms with Crippen LogP contribution < -0.4 is 0 Å². The molecule has 0 spiro atoms. The molecule has 10 rings (SSSR count). The first-order chi connectivity index (χ1) is 27.9. The van der Waals surface area contributed by atoms with E-state index in [9.17, 15) is 5.11 Å². The Morgan fingerprint density at radius 2 is 1.07 bits per heavy atom. The van der Waals surface area contributed by atoms with Crippen molar-refractivity contribution >= 4 is 32.8 Å². The number of aromatic nitrogens is 5. The number of benzene rings is 5. The fraction of sp³-hybridized carbons (Fsp3) is 0.118. The number of phenols is 1. The lowest BCUT2D eigenvalue weighted by molar-refractivity contribution is 0.477. The van der Waals surface area contributed by atoms with Crippen LogP contribution in [0.25, 0.3) is 66.4 Å². The Bertz CT molecular complexity index is 2980. The second kappa shape index (κ2) is 14.2. The SMILES string of the molecule is Cc1cn2ccc3cc(CCc4cc(CCc5ccc6c(ccn7cc(C)nc67)c5)cc(-c5ccccc5-c5ccc(-c6ccccn6)cc5O)c4)ccc3c2n1. The van der Waals surface area contributed by atoms with Crippen molar-refractivity contribution in [2.75, 3.05) is 0 Å². The van der Waals surface area contributed by atoms with Gasteiger partial charge < -0.3 is 13.9 Å². The minimum atomic E-state index is 0.236. The van der Waals surface area contributed by atoms with Crippen molar-refractivity contribution in [3.05, 3.63) is 192 Å². The normalized spacial score (nSPS) is 11.7. The zero-order valence-electron chi connectivity index (χ0n) is 32.0. The van der Waals surface area contributed by atoms with Crippen LogP contribution in [0.2, 0.25) is 0 Å². The van der Waals surface area contributed by atoms with Crippen LogP contribution in [-0.2, 0) is 25.7 Å². The highest BCUT2D eigenvalue weighted by molar-refractivity contribution is 5.95. The van der Waals surface area contributed by atoms with Gasteiger partial charge in [-0.05, 0) is 126 Å². The molecule has 0 unspecified atom stereocenters. The molecule has 0 aliphatic rings. The first-order valence-corrected chi connectivity index (χ1v) is 19.6. The van der Waals surface area contributed by atoms with E-state index in [1.54, 1.807) is 6.20 Å². The van der Waals surface area contributed by atoms with Gasteiger partial charge >= 0.3 is 0 Å². The highest BCUT2D eigenvalue weighted by atomic mass is 16.3. The summed E-state index contributed by atoms with van der Waals surface area (Å²) in [6.45, 7) is 4.08. The van der Waals surface area contributed by atoms with E-state index in [1.165, 1.54) is 43.8 Å². The van der Waals surface area contributed by atoms with Gasteiger partial charge in [-0.1, -0.05) is 91.0 Å². The maximum absolute atomic E-state index is 11.4. The van der Waals surface area contributed by atoms with Gasteiger partial charge in [-0.2, -0.15) is 0 Å². The standard InChI is InChI=1S/C51H41N5O/c1-33-31-55-23-20-39-26-35(14-17-44(39)50(55)53-33)10-12-37-25-38(13-11-36-15-18-45-40(27-36)21-24-56-32-34(2)54-51(45)56)29-42(28-37)43-7-3-4-8-46(43)47-19-16-41(30-49(47)57)48-9-5-6-22-52-48/h3-9,14-32,57H,10-13H2,1-2H3. The van der Waals surface area contributed by atoms with E-state index in [2.05, 4.69) is 124 Å². The number of aryl methyl sites for hydroxylation is 6. The van der Waals surface area contributed by atoms with Gasteiger partial charge in [0.2, 0.25) is 0 Å². The molecule has 5 aromatic carbocycles. The third-order valence-electron chi connectivity index (χ3n) is 11.2. The quantitative estimate of drug-likeness (QED) is 0.160.